The van der Waals surface area contributed by atoms with E-state index in [-0.39, 0.29) is 11.5 Å². The summed E-state index contributed by atoms with van der Waals surface area (Å²) in [6.45, 7) is 1.33. The Morgan fingerprint density at radius 3 is 2.56 bits per heavy atom. The van der Waals surface area contributed by atoms with Crippen LogP contribution in [0.15, 0.2) is 35.3 Å². The van der Waals surface area contributed by atoms with E-state index in [2.05, 4.69) is 9.97 Å². The number of ketones is 1. The van der Waals surface area contributed by atoms with Crippen LogP contribution in [0.1, 0.15) is 20.8 Å². The maximum absolute atomic E-state index is 12.7. The fourth-order valence-electron chi connectivity index (χ4n) is 3.17. The highest BCUT2D eigenvalue weighted by Crippen LogP contribution is 2.27. The zero-order valence-corrected chi connectivity index (χ0v) is 15.7. The number of carbonyl (C=O) groups is 3. The summed E-state index contributed by atoms with van der Waals surface area (Å²) in [6.07, 6.45) is 1.51. The Hall–Kier alpha value is -2.71. The van der Waals surface area contributed by atoms with Gasteiger partial charge >= 0.3 is 0 Å². The van der Waals surface area contributed by atoms with Crippen LogP contribution in [0.25, 0.3) is 10.9 Å². The molecule has 0 bridgehead atoms. The number of Topliss-reactive ketones (excluding diaryl/α,β-unsaturated/α-hetero) is 1. The molecule has 0 atom stereocenters. The van der Waals surface area contributed by atoms with Crippen molar-refractivity contribution in [2.24, 2.45) is 0 Å². The molecule has 2 amide bonds. The first-order chi connectivity index (χ1) is 13.1. The molecule has 1 aliphatic heterocycles. The first-order valence-corrected chi connectivity index (χ1v) is 9.65. The molecule has 0 radical (unpaired) electrons. The number of H-pyrrole nitrogens is 1. The van der Waals surface area contributed by atoms with Crippen molar-refractivity contribution in [1.29, 1.82) is 0 Å². The quantitative estimate of drug-likeness (QED) is 0.538. The molecule has 138 valence electrons. The van der Waals surface area contributed by atoms with Gasteiger partial charge in [-0.1, -0.05) is 17.7 Å². The summed E-state index contributed by atoms with van der Waals surface area (Å²) in [6, 6.07) is 5.25. The van der Waals surface area contributed by atoms with Crippen molar-refractivity contribution in [2.75, 3.05) is 26.2 Å². The van der Waals surface area contributed by atoms with Crippen molar-refractivity contribution in [3.05, 3.63) is 51.6 Å². The van der Waals surface area contributed by atoms with Crippen molar-refractivity contribution in [2.45, 2.75) is 0 Å². The highest BCUT2D eigenvalue weighted by molar-refractivity contribution is 7.07. The number of amides is 2. The van der Waals surface area contributed by atoms with Gasteiger partial charge in [-0.15, -0.1) is 11.3 Å². The molecule has 7 nitrogen and oxygen atoms in total. The molecular weight excluding hydrogens is 388 g/mol. The van der Waals surface area contributed by atoms with E-state index >= 15 is 0 Å². The molecule has 9 heteroatoms. The minimum atomic E-state index is -0.603. The van der Waals surface area contributed by atoms with Gasteiger partial charge in [0.25, 0.3) is 17.6 Å². The number of rotatable bonds is 3. The van der Waals surface area contributed by atoms with Crippen molar-refractivity contribution >= 4 is 51.4 Å². The molecule has 27 heavy (non-hydrogen) atoms. The van der Waals surface area contributed by atoms with Crippen LogP contribution in [0.2, 0.25) is 5.02 Å². The molecule has 3 aromatic rings. The van der Waals surface area contributed by atoms with E-state index in [9.17, 15) is 14.4 Å². The number of piperazine rings is 1. The number of aromatic amines is 1. The second-order valence-corrected chi connectivity index (χ2v) is 7.28. The van der Waals surface area contributed by atoms with Gasteiger partial charge in [-0.3, -0.25) is 14.4 Å². The third-order valence-corrected chi connectivity index (χ3v) is 5.50. The number of aromatic nitrogens is 2. The average Bonchev–Trinajstić information content (AvgIpc) is 3.37. The van der Waals surface area contributed by atoms with Crippen molar-refractivity contribution in [1.82, 2.24) is 19.8 Å². The van der Waals surface area contributed by atoms with Crippen molar-refractivity contribution in [3.8, 4) is 0 Å². The second kappa shape index (κ2) is 7.13. The molecular formula is C18H15ClN4O3S. The van der Waals surface area contributed by atoms with Gasteiger partial charge in [0.2, 0.25) is 0 Å². The summed E-state index contributed by atoms with van der Waals surface area (Å²) < 4.78 is 0. The Labute approximate surface area is 163 Å². The molecule has 0 saturated carbocycles. The van der Waals surface area contributed by atoms with Gasteiger partial charge < -0.3 is 14.8 Å². The largest absolute Gasteiger partial charge is 0.360 e. The maximum atomic E-state index is 12.7. The Bertz CT molecular complexity index is 1020. The summed E-state index contributed by atoms with van der Waals surface area (Å²) in [5.74, 6) is -1.34. The molecule has 2 aromatic heterocycles. The topological polar surface area (TPSA) is 86.4 Å². The van der Waals surface area contributed by atoms with Gasteiger partial charge in [0.05, 0.1) is 16.1 Å². The van der Waals surface area contributed by atoms with E-state index in [0.717, 1.165) is 0 Å². The Morgan fingerprint density at radius 2 is 1.85 bits per heavy atom. The summed E-state index contributed by atoms with van der Waals surface area (Å²) in [5.41, 5.74) is 2.99. The first kappa shape index (κ1) is 17.7. The van der Waals surface area contributed by atoms with E-state index in [4.69, 9.17) is 11.6 Å². The van der Waals surface area contributed by atoms with Gasteiger partial charge in [-0.2, -0.15) is 0 Å². The Morgan fingerprint density at radius 1 is 1.11 bits per heavy atom. The minimum absolute atomic E-state index is 0.155. The number of fused-ring (bicyclic) bond motifs is 1. The van der Waals surface area contributed by atoms with Crippen LogP contribution in [0.3, 0.4) is 0 Å². The van der Waals surface area contributed by atoms with Gasteiger partial charge in [-0.05, 0) is 12.1 Å². The number of benzene rings is 1. The molecule has 3 heterocycles. The fraction of sp³-hybridized carbons (Fsp3) is 0.222. The molecule has 0 aliphatic carbocycles. The predicted molar refractivity (Wildman–Crippen MR) is 102 cm³/mol. The number of carbonyl (C=O) groups excluding carboxylic acids is 3. The van der Waals surface area contributed by atoms with Crippen LogP contribution in [-0.4, -0.2) is 63.5 Å². The van der Waals surface area contributed by atoms with Crippen LogP contribution >= 0.6 is 22.9 Å². The minimum Gasteiger partial charge on any atom is -0.360 e. The van der Waals surface area contributed by atoms with Crippen LogP contribution < -0.4 is 0 Å². The van der Waals surface area contributed by atoms with Crippen LogP contribution in [0.4, 0.5) is 0 Å². The molecule has 1 N–H and O–H groups in total. The fourth-order valence-corrected chi connectivity index (χ4v) is 3.97. The number of thiazole rings is 1. The third-order valence-electron chi connectivity index (χ3n) is 4.60. The van der Waals surface area contributed by atoms with E-state index in [1.54, 1.807) is 34.0 Å². The van der Waals surface area contributed by atoms with Crippen molar-refractivity contribution in [3.63, 3.8) is 0 Å². The summed E-state index contributed by atoms with van der Waals surface area (Å²) in [7, 11) is 0. The maximum Gasteiger partial charge on any atom is 0.295 e. The molecule has 1 saturated heterocycles. The lowest BCUT2D eigenvalue weighted by Gasteiger charge is -2.34. The molecule has 1 fully saturated rings. The lowest BCUT2D eigenvalue weighted by Crippen LogP contribution is -2.52. The van der Waals surface area contributed by atoms with E-state index in [1.165, 1.54) is 22.4 Å². The van der Waals surface area contributed by atoms with Gasteiger partial charge in [0, 0.05) is 48.7 Å². The van der Waals surface area contributed by atoms with E-state index < -0.39 is 11.7 Å². The van der Waals surface area contributed by atoms with Crippen LogP contribution in [-0.2, 0) is 4.79 Å². The summed E-state index contributed by atoms with van der Waals surface area (Å²) >= 11 is 7.55. The van der Waals surface area contributed by atoms with Gasteiger partial charge in [-0.25, -0.2) is 4.98 Å². The standard InChI is InChI=1S/C18H15ClN4O3S/c19-12-2-1-3-13-15(12)11(8-20-13)16(24)18(26)23-6-4-22(5-7-23)17(25)14-9-27-10-21-14/h1-3,8-10,20H,4-7H2. The van der Waals surface area contributed by atoms with Gasteiger partial charge in [0.15, 0.2) is 0 Å². The third kappa shape index (κ3) is 3.22. The van der Waals surface area contributed by atoms with Gasteiger partial charge in [0.1, 0.15) is 5.69 Å². The lowest BCUT2D eigenvalue weighted by molar-refractivity contribution is -0.127. The number of nitrogens with one attached hydrogen (secondary N) is 1. The predicted octanol–water partition coefficient (Wildman–Crippen LogP) is 2.45. The van der Waals surface area contributed by atoms with Crippen molar-refractivity contribution < 1.29 is 14.4 Å². The Kier molecular flexibility index (Phi) is 4.67. The number of hydrogen-bond donors (Lipinski definition) is 1. The molecule has 1 aliphatic rings. The number of hydrogen-bond acceptors (Lipinski definition) is 5. The van der Waals surface area contributed by atoms with E-state index in [1.807, 2.05) is 0 Å². The number of halogens is 1. The highest BCUT2D eigenvalue weighted by Gasteiger charge is 2.30. The Balaban J connectivity index is 1.46. The molecule has 0 unspecified atom stereocenters. The lowest BCUT2D eigenvalue weighted by atomic mass is 10.1. The van der Waals surface area contributed by atoms with Crippen LogP contribution in [0, 0.1) is 0 Å². The summed E-state index contributed by atoms with van der Waals surface area (Å²) in [4.78, 5) is 47.8. The SMILES string of the molecule is O=C(C(=O)N1CCN(C(=O)c2cscn2)CC1)c1c[nH]c2cccc(Cl)c12. The highest BCUT2D eigenvalue weighted by atomic mass is 35.5. The first-order valence-electron chi connectivity index (χ1n) is 8.33. The zero-order chi connectivity index (χ0) is 19.0. The van der Waals surface area contributed by atoms with E-state index in [0.29, 0.717) is 47.8 Å². The van der Waals surface area contributed by atoms with Crippen LogP contribution in [0.5, 0.6) is 0 Å². The normalized spacial score (nSPS) is 14.6. The smallest absolute Gasteiger partial charge is 0.295 e. The molecule has 4 rings (SSSR count). The second-order valence-electron chi connectivity index (χ2n) is 6.15. The molecule has 0 spiro atoms. The summed E-state index contributed by atoms with van der Waals surface area (Å²) in [5, 5.41) is 2.67. The average molecular weight is 403 g/mol. The number of nitrogens with zero attached hydrogens (tertiary/aromatic N) is 3. The zero-order valence-electron chi connectivity index (χ0n) is 14.1. The monoisotopic (exact) mass is 402 g/mol. The molecule has 1 aromatic carbocycles.